The summed E-state index contributed by atoms with van der Waals surface area (Å²) in [4.78, 5) is 28.8. The second-order valence-corrected chi connectivity index (χ2v) is 8.32. The first-order valence-corrected chi connectivity index (χ1v) is 10.8. The standard InChI is InChI=1S/C24H27F2N3O3/c1-16-2-4-17(5-3-16)22(28-8-10-32-11-9-28)14-27-24(31)18-12-23(30)29(15-18)21-7-6-19(25)13-20(21)26/h2-7,13,18,22H,8-12,14-15H2,1H3,(H,27,31). The van der Waals surface area contributed by atoms with E-state index >= 15 is 0 Å². The van der Waals surface area contributed by atoms with Gasteiger partial charge < -0.3 is 15.0 Å². The van der Waals surface area contributed by atoms with Crippen LogP contribution in [0.15, 0.2) is 42.5 Å². The summed E-state index contributed by atoms with van der Waals surface area (Å²) in [7, 11) is 0. The zero-order chi connectivity index (χ0) is 22.7. The molecule has 2 unspecified atom stereocenters. The van der Waals surface area contributed by atoms with E-state index < -0.39 is 17.6 Å². The van der Waals surface area contributed by atoms with Gasteiger partial charge >= 0.3 is 0 Å². The number of morpholine rings is 1. The highest BCUT2D eigenvalue weighted by atomic mass is 19.1. The molecule has 2 fully saturated rings. The molecule has 0 bridgehead atoms. The number of anilines is 1. The number of carbonyl (C=O) groups excluding carboxylic acids is 2. The van der Waals surface area contributed by atoms with E-state index in [1.54, 1.807) is 0 Å². The first kappa shape index (κ1) is 22.4. The number of halogens is 2. The van der Waals surface area contributed by atoms with E-state index in [4.69, 9.17) is 4.74 Å². The van der Waals surface area contributed by atoms with Gasteiger partial charge in [-0.15, -0.1) is 0 Å². The zero-order valence-electron chi connectivity index (χ0n) is 18.0. The van der Waals surface area contributed by atoms with Gasteiger partial charge in [0, 0.05) is 38.7 Å². The number of carbonyl (C=O) groups is 2. The lowest BCUT2D eigenvalue weighted by atomic mass is 10.0. The number of rotatable bonds is 6. The lowest BCUT2D eigenvalue weighted by Crippen LogP contribution is -2.45. The third-order valence-electron chi connectivity index (χ3n) is 6.11. The Balaban J connectivity index is 1.42. The monoisotopic (exact) mass is 443 g/mol. The van der Waals surface area contributed by atoms with Gasteiger partial charge in [-0.2, -0.15) is 0 Å². The van der Waals surface area contributed by atoms with Crippen molar-refractivity contribution in [3.05, 3.63) is 65.2 Å². The first-order chi connectivity index (χ1) is 15.4. The molecule has 2 heterocycles. The van der Waals surface area contributed by atoms with Crippen LogP contribution in [0.25, 0.3) is 0 Å². The Morgan fingerprint density at radius 3 is 2.56 bits per heavy atom. The van der Waals surface area contributed by atoms with E-state index in [9.17, 15) is 18.4 Å². The minimum atomic E-state index is -0.814. The third kappa shape index (κ3) is 4.97. The number of nitrogens with zero attached hydrogens (tertiary/aromatic N) is 2. The van der Waals surface area contributed by atoms with Crippen LogP contribution < -0.4 is 10.2 Å². The van der Waals surface area contributed by atoms with Crippen LogP contribution in [-0.4, -0.2) is 56.1 Å². The second-order valence-electron chi connectivity index (χ2n) is 8.32. The summed E-state index contributed by atoms with van der Waals surface area (Å²) in [6, 6.07) is 11.3. The fraction of sp³-hybridized carbons (Fsp3) is 0.417. The Bertz CT molecular complexity index is 977. The predicted octanol–water partition coefficient (Wildman–Crippen LogP) is 2.82. The number of benzene rings is 2. The molecular formula is C24H27F2N3O3. The number of hydrogen-bond acceptors (Lipinski definition) is 4. The molecule has 2 aliphatic rings. The van der Waals surface area contributed by atoms with Gasteiger partial charge in [-0.05, 0) is 24.6 Å². The Hall–Kier alpha value is -2.84. The van der Waals surface area contributed by atoms with Crippen LogP contribution in [-0.2, 0) is 14.3 Å². The summed E-state index contributed by atoms with van der Waals surface area (Å²) < 4.78 is 32.8. The number of ether oxygens (including phenoxy) is 1. The highest BCUT2D eigenvalue weighted by Crippen LogP contribution is 2.28. The summed E-state index contributed by atoms with van der Waals surface area (Å²) in [6.07, 6.45) is -0.00456. The Morgan fingerprint density at radius 1 is 1.16 bits per heavy atom. The Morgan fingerprint density at radius 2 is 1.88 bits per heavy atom. The summed E-state index contributed by atoms with van der Waals surface area (Å²) in [5.41, 5.74) is 2.27. The highest BCUT2D eigenvalue weighted by Gasteiger charge is 2.36. The molecule has 6 nitrogen and oxygen atoms in total. The van der Waals surface area contributed by atoms with Crippen LogP contribution in [0.2, 0.25) is 0 Å². The van der Waals surface area contributed by atoms with E-state index in [0.29, 0.717) is 19.8 Å². The quantitative estimate of drug-likeness (QED) is 0.746. The van der Waals surface area contributed by atoms with Crippen molar-refractivity contribution in [2.45, 2.75) is 19.4 Å². The van der Waals surface area contributed by atoms with E-state index in [0.717, 1.165) is 36.3 Å². The van der Waals surface area contributed by atoms with Gasteiger partial charge in [0.1, 0.15) is 11.6 Å². The minimum absolute atomic E-state index is 0.00227. The molecule has 8 heteroatoms. The Kier molecular flexibility index (Phi) is 6.81. The molecule has 2 atom stereocenters. The molecule has 2 aromatic rings. The van der Waals surface area contributed by atoms with Crippen molar-refractivity contribution in [1.82, 2.24) is 10.2 Å². The minimum Gasteiger partial charge on any atom is -0.379 e. The molecule has 0 saturated carbocycles. The molecule has 0 aromatic heterocycles. The molecule has 1 N–H and O–H groups in total. The topological polar surface area (TPSA) is 61.9 Å². The Labute approximate surface area is 186 Å². The molecular weight excluding hydrogens is 416 g/mol. The van der Waals surface area contributed by atoms with Crippen molar-refractivity contribution >= 4 is 17.5 Å². The van der Waals surface area contributed by atoms with Gasteiger partial charge in [-0.3, -0.25) is 14.5 Å². The molecule has 0 spiro atoms. The van der Waals surface area contributed by atoms with Crippen molar-refractivity contribution in [2.24, 2.45) is 5.92 Å². The fourth-order valence-electron chi connectivity index (χ4n) is 4.29. The van der Waals surface area contributed by atoms with Crippen molar-refractivity contribution in [1.29, 1.82) is 0 Å². The smallest absolute Gasteiger partial charge is 0.227 e. The maximum atomic E-state index is 14.1. The van der Waals surface area contributed by atoms with Gasteiger partial charge in [0.15, 0.2) is 0 Å². The van der Waals surface area contributed by atoms with Gasteiger partial charge in [0.25, 0.3) is 0 Å². The van der Waals surface area contributed by atoms with Gasteiger partial charge in [-0.25, -0.2) is 8.78 Å². The normalized spacial score (nSPS) is 20.4. The largest absolute Gasteiger partial charge is 0.379 e. The van der Waals surface area contributed by atoms with Crippen molar-refractivity contribution in [2.75, 3.05) is 44.3 Å². The zero-order valence-corrected chi connectivity index (χ0v) is 18.0. The van der Waals surface area contributed by atoms with Crippen LogP contribution in [0.1, 0.15) is 23.6 Å². The van der Waals surface area contributed by atoms with Crippen LogP contribution in [0, 0.1) is 24.5 Å². The lowest BCUT2D eigenvalue weighted by Gasteiger charge is -2.35. The van der Waals surface area contributed by atoms with Crippen LogP contribution in [0.5, 0.6) is 0 Å². The van der Waals surface area contributed by atoms with E-state index in [1.165, 1.54) is 11.0 Å². The van der Waals surface area contributed by atoms with Crippen LogP contribution in [0.4, 0.5) is 14.5 Å². The highest BCUT2D eigenvalue weighted by molar-refractivity contribution is 6.00. The van der Waals surface area contributed by atoms with E-state index in [2.05, 4.69) is 34.5 Å². The average molecular weight is 443 g/mol. The van der Waals surface area contributed by atoms with Crippen molar-refractivity contribution in [3.63, 3.8) is 0 Å². The lowest BCUT2D eigenvalue weighted by molar-refractivity contribution is -0.126. The number of hydrogen-bond donors (Lipinski definition) is 1. The molecule has 2 aliphatic heterocycles. The second kappa shape index (κ2) is 9.75. The third-order valence-corrected chi connectivity index (χ3v) is 6.11. The molecule has 2 aromatic carbocycles. The average Bonchev–Trinajstić information content (AvgIpc) is 3.17. The summed E-state index contributed by atoms with van der Waals surface area (Å²) in [5.74, 6) is -2.70. The van der Waals surface area contributed by atoms with E-state index in [-0.39, 0.29) is 36.5 Å². The van der Waals surface area contributed by atoms with Crippen LogP contribution >= 0.6 is 0 Å². The summed E-state index contributed by atoms with van der Waals surface area (Å²) >= 11 is 0. The molecule has 170 valence electrons. The number of amides is 2. The molecule has 0 aliphatic carbocycles. The SMILES string of the molecule is Cc1ccc(C(CNC(=O)C2CC(=O)N(c3ccc(F)cc3F)C2)N2CCOCC2)cc1. The summed E-state index contributed by atoms with van der Waals surface area (Å²) in [5, 5.41) is 3.00. The van der Waals surface area contributed by atoms with Crippen LogP contribution in [0.3, 0.4) is 0 Å². The van der Waals surface area contributed by atoms with E-state index in [1.807, 2.05) is 6.92 Å². The molecule has 32 heavy (non-hydrogen) atoms. The first-order valence-electron chi connectivity index (χ1n) is 10.8. The summed E-state index contributed by atoms with van der Waals surface area (Å²) in [6.45, 7) is 5.33. The molecule has 0 radical (unpaired) electrons. The maximum Gasteiger partial charge on any atom is 0.227 e. The van der Waals surface area contributed by atoms with Gasteiger partial charge in [0.2, 0.25) is 11.8 Å². The van der Waals surface area contributed by atoms with Crippen molar-refractivity contribution < 1.29 is 23.1 Å². The molecule has 2 saturated heterocycles. The van der Waals surface area contributed by atoms with Gasteiger partial charge in [0.05, 0.1) is 30.9 Å². The molecule has 2 amide bonds. The molecule has 4 rings (SSSR count). The predicted molar refractivity (Wildman–Crippen MR) is 116 cm³/mol. The number of nitrogens with one attached hydrogen (secondary N) is 1. The maximum absolute atomic E-state index is 14.1. The van der Waals surface area contributed by atoms with Crippen molar-refractivity contribution in [3.8, 4) is 0 Å². The number of aryl methyl sites for hydroxylation is 1. The fourth-order valence-corrected chi connectivity index (χ4v) is 4.29. The van der Waals surface area contributed by atoms with Gasteiger partial charge in [-0.1, -0.05) is 29.8 Å².